The Morgan fingerprint density at radius 1 is 1.02 bits per heavy atom. The van der Waals surface area contributed by atoms with E-state index in [1.54, 1.807) is 68.4 Å². The Labute approximate surface area is 251 Å². The van der Waals surface area contributed by atoms with Crippen LogP contribution in [0.5, 0.6) is 0 Å². The van der Waals surface area contributed by atoms with Gasteiger partial charge in [0.25, 0.3) is 5.91 Å². The number of allylic oxidation sites excluding steroid dienone is 2. The SMILES string of the molecule is CCOC(=O)c1ccc(NC(=O)CSC2=C(C#N)[C@@H](c3ccco3)C(C(=O)Nc3ccccc3C(=O)OC)=C(C)N2)cc1. The van der Waals surface area contributed by atoms with E-state index in [4.69, 9.17) is 13.9 Å². The highest BCUT2D eigenvalue weighted by Gasteiger charge is 2.37. The van der Waals surface area contributed by atoms with Crippen molar-refractivity contribution < 1.29 is 33.1 Å². The number of methoxy groups -OCH3 is 1. The average Bonchev–Trinajstić information content (AvgIpc) is 3.55. The number of furan rings is 1. The van der Waals surface area contributed by atoms with Gasteiger partial charge in [-0.25, -0.2) is 9.59 Å². The van der Waals surface area contributed by atoms with Crippen LogP contribution in [0.4, 0.5) is 11.4 Å². The number of carbonyl (C=O) groups is 4. The van der Waals surface area contributed by atoms with Crippen LogP contribution in [0.2, 0.25) is 0 Å². The highest BCUT2D eigenvalue weighted by atomic mass is 32.2. The maximum absolute atomic E-state index is 13.7. The topological polar surface area (TPSA) is 160 Å². The van der Waals surface area contributed by atoms with Gasteiger partial charge >= 0.3 is 11.9 Å². The summed E-state index contributed by atoms with van der Waals surface area (Å²) < 4.78 is 15.4. The Hall–Kier alpha value is -5.28. The summed E-state index contributed by atoms with van der Waals surface area (Å²) in [6.07, 6.45) is 1.44. The molecule has 4 rings (SSSR count). The second kappa shape index (κ2) is 14.1. The molecule has 0 radical (unpaired) electrons. The maximum Gasteiger partial charge on any atom is 0.339 e. The molecular formula is C31H28N4O7S. The van der Waals surface area contributed by atoms with Crippen LogP contribution in [-0.4, -0.2) is 43.2 Å². The molecule has 12 heteroatoms. The van der Waals surface area contributed by atoms with Gasteiger partial charge in [0.05, 0.1) is 70.7 Å². The molecule has 0 aliphatic carbocycles. The predicted molar refractivity (Wildman–Crippen MR) is 160 cm³/mol. The Morgan fingerprint density at radius 2 is 1.77 bits per heavy atom. The van der Waals surface area contributed by atoms with Gasteiger partial charge in [-0.1, -0.05) is 23.9 Å². The van der Waals surface area contributed by atoms with E-state index in [2.05, 4.69) is 22.0 Å². The molecule has 0 unspecified atom stereocenters. The molecular weight excluding hydrogens is 572 g/mol. The number of para-hydroxylation sites is 1. The molecule has 3 aromatic rings. The van der Waals surface area contributed by atoms with Crippen LogP contribution in [0.25, 0.3) is 0 Å². The van der Waals surface area contributed by atoms with Crippen LogP contribution in [0.3, 0.4) is 0 Å². The normalized spacial score (nSPS) is 14.3. The van der Waals surface area contributed by atoms with Crippen LogP contribution < -0.4 is 16.0 Å². The van der Waals surface area contributed by atoms with Gasteiger partial charge in [-0.2, -0.15) is 5.26 Å². The molecule has 220 valence electrons. The lowest BCUT2D eigenvalue weighted by molar-refractivity contribution is -0.114. The van der Waals surface area contributed by atoms with Crippen LogP contribution in [0.15, 0.2) is 93.2 Å². The Kier molecular flexibility index (Phi) is 10.0. The minimum Gasteiger partial charge on any atom is -0.468 e. The van der Waals surface area contributed by atoms with Gasteiger partial charge in [0.15, 0.2) is 0 Å². The van der Waals surface area contributed by atoms with Gasteiger partial charge in [-0.15, -0.1) is 0 Å². The van der Waals surface area contributed by atoms with E-state index in [-0.39, 0.29) is 40.7 Å². The summed E-state index contributed by atoms with van der Waals surface area (Å²) >= 11 is 1.10. The number of carbonyl (C=O) groups excluding carboxylic acids is 4. The number of nitrogens with zero attached hydrogens (tertiary/aromatic N) is 1. The van der Waals surface area contributed by atoms with E-state index < -0.39 is 23.8 Å². The number of nitriles is 1. The second-order valence-corrected chi connectivity index (χ2v) is 10.1. The first-order valence-corrected chi connectivity index (χ1v) is 14.1. The molecule has 1 aromatic heterocycles. The van der Waals surface area contributed by atoms with E-state index in [9.17, 15) is 24.4 Å². The lowest BCUT2D eigenvalue weighted by Crippen LogP contribution is -2.31. The smallest absolute Gasteiger partial charge is 0.339 e. The zero-order valence-electron chi connectivity index (χ0n) is 23.6. The Balaban J connectivity index is 1.54. The van der Waals surface area contributed by atoms with Crippen LogP contribution in [0, 0.1) is 11.3 Å². The first-order valence-electron chi connectivity index (χ1n) is 13.1. The number of rotatable bonds is 10. The molecule has 2 heterocycles. The van der Waals surface area contributed by atoms with Crippen molar-refractivity contribution >= 4 is 46.9 Å². The zero-order chi connectivity index (χ0) is 30.9. The summed E-state index contributed by atoms with van der Waals surface area (Å²) in [5.74, 6) is -2.55. The number of ether oxygens (including phenoxy) is 2. The quantitative estimate of drug-likeness (QED) is 0.272. The fourth-order valence-corrected chi connectivity index (χ4v) is 5.27. The third kappa shape index (κ3) is 7.14. The monoisotopic (exact) mass is 600 g/mol. The number of benzene rings is 2. The summed E-state index contributed by atoms with van der Waals surface area (Å²) in [5, 5.41) is 19.2. The number of thioether (sulfide) groups is 1. The molecule has 3 N–H and O–H groups in total. The van der Waals surface area contributed by atoms with E-state index in [1.807, 2.05) is 0 Å². The number of amides is 2. The molecule has 0 saturated heterocycles. The average molecular weight is 601 g/mol. The molecule has 11 nitrogen and oxygen atoms in total. The minimum atomic E-state index is -0.882. The first kappa shape index (κ1) is 30.7. The number of anilines is 2. The summed E-state index contributed by atoms with van der Waals surface area (Å²) in [4.78, 5) is 50.5. The van der Waals surface area contributed by atoms with Crippen molar-refractivity contribution in [3.8, 4) is 6.07 Å². The molecule has 0 saturated carbocycles. The standard InChI is InChI=1S/C31H28N4O7S/c1-4-41-30(38)19-11-13-20(14-12-19)34-25(36)17-43-29-22(16-32)27(24-10-7-15-42-24)26(18(2)33-29)28(37)35-23-9-6-5-8-21(23)31(39)40-3/h5-15,27,33H,4,17H2,1-3H3,(H,34,36)(H,35,37)/t27-/m0/s1. The van der Waals surface area contributed by atoms with Crippen LogP contribution in [0.1, 0.15) is 46.2 Å². The van der Waals surface area contributed by atoms with Gasteiger partial charge in [0.1, 0.15) is 5.76 Å². The molecule has 2 amide bonds. The van der Waals surface area contributed by atoms with Gasteiger partial charge in [-0.05, 0) is 62.4 Å². The summed E-state index contributed by atoms with van der Waals surface area (Å²) in [6, 6.07) is 18.2. The van der Waals surface area contributed by atoms with E-state index >= 15 is 0 Å². The number of hydrogen-bond donors (Lipinski definition) is 3. The van der Waals surface area contributed by atoms with E-state index in [0.717, 1.165) is 11.8 Å². The number of nitrogens with one attached hydrogen (secondary N) is 3. The first-order chi connectivity index (χ1) is 20.8. The summed E-state index contributed by atoms with van der Waals surface area (Å²) in [7, 11) is 1.25. The van der Waals surface area contributed by atoms with Crippen LogP contribution in [-0.2, 0) is 19.1 Å². The third-order valence-electron chi connectivity index (χ3n) is 6.33. The predicted octanol–water partition coefficient (Wildman–Crippen LogP) is 4.95. The largest absolute Gasteiger partial charge is 0.468 e. The molecule has 1 aliphatic rings. The van der Waals surface area contributed by atoms with Gasteiger partial charge in [0, 0.05) is 11.4 Å². The van der Waals surface area contributed by atoms with E-state index in [0.29, 0.717) is 27.7 Å². The van der Waals surface area contributed by atoms with Crippen LogP contribution >= 0.6 is 11.8 Å². The van der Waals surface area contributed by atoms with E-state index in [1.165, 1.54) is 19.4 Å². The van der Waals surface area contributed by atoms with Gasteiger partial charge in [0.2, 0.25) is 5.91 Å². The lowest BCUT2D eigenvalue weighted by atomic mass is 9.85. The number of dihydropyridines is 1. The minimum absolute atomic E-state index is 0.0562. The van der Waals surface area contributed by atoms with Crippen molar-refractivity contribution in [2.45, 2.75) is 19.8 Å². The second-order valence-electron chi connectivity index (χ2n) is 9.09. The molecule has 1 aliphatic heterocycles. The van der Waals surface area contributed by atoms with Gasteiger partial charge in [-0.3, -0.25) is 9.59 Å². The molecule has 0 bridgehead atoms. The van der Waals surface area contributed by atoms with Crippen molar-refractivity contribution in [1.29, 1.82) is 5.26 Å². The molecule has 0 spiro atoms. The highest BCUT2D eigenvalue weighted by Crippen LogP contribution is 2.41. The third-order valence-corrected chi connectivity index (χ3v) is 7.34. The Morgan fingerprint density at radius 3 is 2.42 bits per heavy atom. The summed E-state index contributed by atoms with van der Waals surface area (Å²) in [6.45, 7) is 3.65. The fraction of sp³-hybridized carbons (Fsp3) is 0.194. The zero-order valence-corrected chi connectivity index (χ0v) is 24.4. The lowest BCUT2D eigenvalue weighted by Gasteiger charge is -2.28. The summed E-state index contributed by atoms with van der Waals surface area (Å²) in [5.41, 5.74) is 2.09. The fourth-order valence-electron chi connectivity index (χ4n) is 4.38. The van der Waals surface area contributed by atoms with Crippen molar-refractivity contribution in [2.75, 3.05) is 30.1 Å². The number of hydrogen-bond acceptors (Lipinski definition) is 10. The Bertz CT molecular complexity index is 1640. The molecule has 43 heavy (non-hydrogen) atoms. The molecule has 0 fully saturated rings. The molecule has 2 aromatic carbocycles. The van der Waals surface area contributed by atoms with Gasteiger partial charge < -0.3 is 29.8 Å². The van der Waals surface area contributed by atoms with Crippen molar-refractivity contribution in [3.05, 3.63) is 106 Å². The highest BCUT2D eigenvalue weighted by molar-refractivity contribution is 8.03. The molecule has 1 atom stereocenters. The maximum atomic E-state index is 13.7. The van der Waals surface area contributed by atoms with Crippen molar-refractivity contribution in [2.24, 2.45) is 0 Å². The van der Waals surface area contributed by atoms with Crippen molar-refractivity contribution in [1.82, 2.24) is 5.32 Å². The number of esters is 2. The van der Waals surface area contributed by atoms with Crippen molar-refractivity contribution in [3.63, 3.8) is 0 Å².